The lowest BCUT2D eigenvalue weighted by molar-refractivity contribution is -0.110. The molecule has 1 aliphatic heterocycles. The van der Waals surface area contributed by atoms with Gasteiger partial charge >= 0.3 is 6.09 Å². The van der Waals surface area contributed by atoms with E-state index in [1.807, 2.05) is 0 Å². The van der Waals surface area contributed by atoms with Crippen molar-refractivity contribution in [1.82, 2.24) is 9.80 Å². The van der Waals surface area contributed by atoms with E-state index in [1.165, 1.54) is 43.7 Å². The van der Waals surface area contributed by atoms with Gasteiger partial charge in [-0.2, -0.15) is 0 Å². The molecule has 0 aromatic heterocycles. The van der Waals surface area contributed by atoms with Gasteiger partial charge in [-0.3, -0.25) is 4.90 Å². The molecule has 1 N–H and O–H groups in total. The van der Waals surface area contributed by atoms with Crippen LogP contribution in [0.2, 0.25) is 0 Å². The van der Waals surface area contributed by atoms with Crippen molar-refractivity contribution in [2.75, 3.05) is 20.1 Å². The standard InChI is InChI=1S/C17H32N2O3/c1-3-4-7-16(19-12-5-6-13-19)22-15-10-8-14(9-11-15)18(2)17(20)21/h14-16H,3-13H2,1-2H3,(H,20,21). The molecule has 1 unspecified atom stereocenters. The van der Waals surface area contributed by atoms with Crippen molar-refractivity contribution in [3.63, 3.8) is 0 Å². The van der Waals surface area contributed by atoms with Gasteiger partial charge in [0.2, 0.25) is 0 Å². The van der Waals surface area contributed by atoms with E-state index in [4.69, 9.17) is 9.84 Å². The Bertz CT molecular complexity index is 337. The lowest BCUT2D eigenvalue weighted by Crippen LogP contribution is -2.43. The lowest BCUT2D eigenvalue weighted by atomic mass is 9.92. The van der Waals surface area contributed by atoms with Gasteiger partial charge in [-0.15, -0.1) is 0 Å². The minimum atomic E-state index is -0.817. The largest absolute Gasteiger partial charge is 0.465 e. The molecule has 0 radical (unpaired) electrons. The Labute approximate surface area is 134 Å². The number of unbranched alkanes of at least 4 members (excludes halogenated alkanes) is 1. The molecule has 5 nitrogen and oxygen atoms in total. The normalized spacial score (nSPS) is 27.7. The second-order valence-electron chi connectivity index (χ2n) is 6.80. The average molecular weight is 312 g/mol. The van der Waals surface area contributed by atoms with Gasteiger partial charge in [0, 0.05) is 26.2 Å². The zero-order valence-corrected chi connectivity index (χ0v) is 14.2. The molecule has 1 aliphatic carbocycles. The molecule has 2 aliphatic rings. The Balaban J connectivity index is 1.80. The third-order valence-corrected chi connectivity index (χ3v) is 5.20. The summed E-state index contributed by atoms with van der Waals surface area (Å²) in [6, 6.07) is 0.165. The molecule has 5 heteroatoms. The summed E-state index contributed by atoms with van der Waals surface area (Å²) < 4.78 is 6.43. The van der Waals surface area contributed by atoms with Crippen LogP contribution in [0, 0.1) is 0 Å². The summed E-state index contributed by atoms with van der Waals surface area (Å²) in [6.45, 7) is 4.57. The highest BCUT2D eigenvalue weighted by molar-refractivity contribution is 5.64. The smallest absolute Gasteiger partial charge is 0.407 e. The Hall–Kier alpha value is -0.810. The van der Waals surface area contributed by atoms with E-state index in [2.05, 4.69) is 11.8 Å². The first-order chi connectivity index (χ1) is 10.6. The first-order valence-corrected chi connectivity index (χ1v) is 8.97. The molecule has 2 rings (SSSR count). The monoisotopic (exact) mass is 312 g/mol. The van der Waals surface area contributed by atoms with E-state index in [-0.39, 0.29) is 12.3 Å². The maximum absolute atomic E-state index is 11.0. The van der Waals surface area contributed by atoms with Crippen LogP contribution in [0.1, 0.15) is 64.7 Å². The van der Waals surface area contributed by atoms with Crippen molar-refractivity contribution in [2.45, 2.75) is 83.1 Å². The van der Waals surface area contributed by atoms with E-state index in [0.717, 1.165) is 32.1 Å². The third-order valence-electron chi connectivity index (χ3n) is 5.20. The number of carboxylic acid groups (broad SMARTS) is 1. The minimum Gasteiger partial charge on any atom is -0.465 e. The van der Waals surface area contributed by atoms with Crippen LogP contribution in [0.3, 0.4) is 0 Å². The van der Waals surface area contributed by atoms with Crippen molar-refractivity contribution < 1.29 is 14.6 Å². The Morgan fingerprint density at radius 1 is 1.27 bits per heavy atom. The Morgan fingerprint density at radius 2 is 1.91 bits per heavy atom. The predicted octanol–water partition coefficient (Wildman–Crippen LogP) is 3.54. The van der Waals surface area contributed by atoms with Crippen LogP contribution in [0.15, 0.2) is 0 Å². The maximum atomic E-state index is 11.0. The van der Waals surface area contributed by atoms with E-state index < -0.39 is 6.09 Å². The number of amides is 1. The number of likely N-dealkylation sites (tertiary alicyclic amines) is 1. The van der Waals surface area contributed by atoms with Crippen LogP contribution in [0.5, 0.6) is 0 Å². The quantitative estimate of drug-likeness (QED) is 0.781. The summed E-state index contributed by atoms with van der Waals surface area (Å²) in [4.78, 5) is 15.0. The summed E-state index contributed by atoms with van der Waals surface area (Å²) in [5.41, 5.74) is 0. The summed E-state index contributed by atoms with van der Waals surface area (Å²) in [5.74, 6) is 0. The van der Waals surface area contributed by atoms with Crippen molar-refractivity contribution in [3.05, 3.63) is 0 Å². The second-order valence-corrected chi connectivity index (χ2v) is 6.80. The highest BCUT2D eigenvalue weighted by Gasteiger charge is 2.30. The predicted molar refractivity (Wildman–Crippen MR) is 87.0 cm³/mol. The van der Waals surface area contributed by atoms with Crippen LogP contribution in [0.4, 0.5) is 4.79 Å². The van der Waals surface area contributed by atoms with Crippen molar-refractivity contribution in [2.24, 2.45) is 0 Å². The fourth-order valence-electron chi connectivity index (χ4n) is 3.69. The van der Waals surface area contributed by atoms with E-state index in [9.17, 15) is 4.79 Å². The van der Waals surface area contributed by atoms with Crippen molar-refractivity contribution in [1.29, 1.82) is 0 Å². The molecule has 1 saturated carbocycles. The van der Waals surface area contributed by atoms with Crippen LogP contribution < -0.4 is 0 Å². The maximum Gasteiger partial charge on any atom is 0.407 e. The molecular formula is C17H32N2O3. The average Bonchev–Trinajstić information content (AvgIpc) is 3.05. The van der Waals surface area contributed by atoms with Gasteiger partial charge in [-0.05, 0) is 51.4 Å². The van der Waals surface area contributed by atoms with Crippen LogP contribution >= 0.6 is 0 Å². The first-order valence-electron chi connectivity index (χ1n) is 8.97. The molecule has 0 aromatic rings. The first kappa shape index (κ1) is 17.5. The number of hydrogen-bond donors (Lipinski definition) is 1. The highest BCUT2D eigenvalue weighted by Crippen LogP contribution is 2.28. The number of nitrogens with zero attached hydrogens (tertiary/aromatic N) is 2. The summed E-state index contributed by atoms with van der Waals surface area (Å²) in [6.07, 6.45) is 9.74. The van der Waals surface area contributed by atoms with Gasteiger partial charge in [0.05, 0.1) is 6.10 Å². The number of carbonyl (C=O) groups is 1. The molecule has 128 valence electrons. The van der Waals surface area contributed by atoms with Crippen molar-refractivity contribution in [3.8, 4) is 0 Å². The Morgan fingerprint density at radius 3 is 2.45 bits per heavy atom. The molecule has 1 atom stereocenters. The van der Waals surface area contributed by atoms with Gasteiger partial charge in [-0.25, -0.2) is 4.79 Å². The van der Waals surface area contributed by atoms with Crippen LogP contribution in [0.25, 0.3) is 0 Å². The number of ether oxygens (including phenoxy) is 1. The SMILES string of the molecule is CCCCC(OC1CCC(N(C)C(=O)O)CC1)N1CCCC1. The molecule has 1 heterocycles. The molecule has 0 spiro atoms. The zero-order valence-electron chi connectivity index (χ0n) is 14.2. The molecular weight excluding hydrogens is 280 g/mol. The van der Waals surface area contributed by atoms with E-state index >= 15 is 0 Å². The minimum absolute atomic E-state index is 0.165. The van der Waals surface area contributed by atoms with Gasteiger partial charge in [0.1, 0.15) is 6.23 Å². The van der Waals surface area contributed by atoms with E-state index in [0.29, 0.717) is 6.10 Å². The van der Waals surface area contributed by atoms with Crippen LogP contribution in [-0.4, -0.2) is 59.5 Å². The highest BCUT2D eigenvalue weighted by atomic mass is 16.5. The molecule has 0 aromatic carbocycles. The Kier molecular flexibility index (Phi) is 6.96. The van der Waals surface area contributed by atoms with Gasteiger partial charge < -0.3 is 14.7 Å². The topological polar surface area (TPSA) is 53.0 Å². The number of hydrogen-bond acceptors (Lipinski definition) is 3. The molecule has 22 heavy (non-hydrogen) atoms. The molecule has 1 saturated heterocycles. The van der Waals surface area contributed by atoms with Gasteiger partial charge in [-0.1, -0.05) is 13.3 Å². The summed E-state index contributed by atoms with van der Waals surface area (Å²) in [7, 11) is 1.68. The molecule has 2 fully saturated rings. The zero-order chi connectivity index (χ0) is 15.9. The van der Waals surface area contributed by atoms with Crippen molar-refractivity contribution >= 4 is 6.09 Å². The van der Waals surface area contributed by atoms with Gasteiger partial charge in [0.25, 0.3) is 0 Å². The molecule has 0 bridgehead atoms. The summed E-state index contributed by atoms with van der Waals surface area (Å²) in [5, 5.41) is 9.07. The number of rotatable bonds is 7. The fourth-order valence-corrected chi connectivity index (χ4v) is 3.69. The summed E-state index contributed by atoms with van der Waals surface area (Å²) >= 11 is 0. The molecule has 1 amide bonds. The van der Waals surface area contributed by atoms with Crippen LogP contribution in [-0.2, 0) is 4.74 Å². The van der Waals surface area contributed by atoms with E-state index in [1.54, 1.807) is 7.05 Å². The lowest BCUT2D eigenvalue weighted by Gasteiger charge is -2.37. The van der Waals surface area contributed by atoms with Gasteiger partial charge in [0.15, 0.2) is 0 Å². The second kappa shape index (κ2) is 8.73. The fraction of sp³-hybridized carbons (Fsp3) is 0.941. The third kappa shape index (κ3) is 4.85.